The fraction of sp³-hybridized carbons (Fsp3) is 0.889. The minimum atomic E-state index is -0.992. The van der Waals surface area contributed by atoms with Crippen molar-refractivity contribution in [2.45, 2.75) is 31.8 Å². The predicted molar refractivity (Wildman–Crippen MR) is 46.1 cm³/mol. The molecule has 0 spiro atoms. The van der Waals surface area contributed by atoms with Gasteiger partial charge in [0.15, 0.2) is 0 Å². The van der Waals surface area contributed by atoms with Gasteiger partial charge >= 0.3 is 0 Å². The van der Waals surface area contributed by atoms with Crippen LogP contribution >= 0.6 is 0 Å². The SMILES string of the molecule is O=C([O-])CCCOC1CCNCC1. The maximum Gasteiger partial charge on any atom is 0.0599 e. The minimum Gasteiger partial charge on any atom is -0.550 e. The summed E-state index contributed by atoms with van der Waals surface area (Å²) in [7, 11) is 0. The molecule has 0 aliphatic carbocycles. The van der Waals surface area contributed by atoms with Crippen LogP contribution in [0.3, 0.4) is 0 Å². The summed E-state index contributed by atoms with van der Waals surface area (Å²) in [6.45, 7) is 2.55. The van der Waals surface area contributed by atoms with Crippen molar-refractivity contribution in [1.82, 2.24) is 5.32 Å². The van der Waals surface area contributed by atoms with Crippen LogP contribution in [0.25, 0.3) is 0 Å². The minimum absolute atomic E-state index is 0.102. The first kappa shape index (κ1) is 10.5. The summed E-state index contributed by atoms with van der Waals surface area (Å²) in [6, 6.07) is 0. The van der Waals surface area contributed by atoms with Gasteiger partial charge in [-0.2, -0.15) is 0 Å². The van der Waals surface area contributed by atoms with Gasteiger partial charge in [-0.15, -0.1) is 0 Å². The van der Waals surface area contributed by atoms with Crippen molar-refractivity contribution < 1.29 is 14.6 Å². The summed E-state index contributed by atoms with van der Waals surface area (Å²) >= 11 is 0. The Hall–Kier alpha value is -0.610. The molecule has 76 valence electrons. The van der Waals surface area contributed by atoms with E-state index in [1.165, 1.54) is 0 Å². The van der Waals surface area contributed by atoms with E-state index >= 15 is 0 Å². The van der Waals surface area contributed by atoms with Crippen molar-refractivity contribution in [3.8, 4) is 0 Å². The highest BCUT2D eigenvalue weighted by Gasteiger charge is 2.12. The molecule has 1 aliphatic heterocycles. The van der Waals surface area contributed by atoms with Gasteiger partial charge < -0.3 is 20.0 Å². The standard InChI is InChI=1S/C9H17NO3/c11-9(12)2-1-7-13-8-3-5-10-6-4-8/h8,10H,1-7H2,(H,11,12)/p-1. The van der Waals surface area contributed by atoms with Crippen LogP contribution in [-0.4, -0.2) is 31.8 Å². The van der Waals surface area contributed by atoms with Gasteiger partial charge in [0, 0.05) is 12.6 Å². The molecule has 1 rings (SSSR count). The van der Waals surface area contributed by atoms with Crippen molar-refractivity contribution in [3.63, 3.8) is 0 Å². The smallest absolute Gasteiger partial charge is 0.0599 e. The molecule has 1 fully saturated rings. The summed E-state index contributed by atoms with van der Waals surface area (Å²) in [5.41, 5.74) is 0. The number of carboxylic acid groups (broad SMARTS) is 1. The largest absolute Gasteiger partial charge is 0.550 e. The quantitative estimate of drug-likeness (QED) is 0.576. The molecule has 1 saturated heterocycles. The van der Waals surface area contributed by atoms with E-state index in [9.17, 15) is 9.90 Å². The van der Waals surface area contributed by atoms with Crippen molar-refractivity contribution in [2.75, 3.05) is 19.7 Å². The molecule has 1 N–H and O–H groups in total. The Kier molecular flexibility index (Phi) is 4.78. The number of rotatable bonds is 5. The van der Waals surface area contributed by atoms with Crippen LogP contribution in [0, 0.1) is 0 Å². The lowest BCUT2D eigenvalue weighted by Gasteiger charge is -2.22. The Morgan fingerprint density at radius 2 is 2.15 bits per heavy atom. The summed E-state index contributed by atoms with van der Waals surface area (Å²) in [6.07, 6.45) is 3.05. The first-order valence-electron chi connectivity index (χ1n) is 4.81. The number of hydrogen-bond donors (Lipinski definition) is 1. The maximum absolute atomic E-state index is 10.1. The molecule has 1 heterocycles. The molecular formula is C9H16NO3-. The predicted octanol–water partition coefficient (Wildman–Crippen LogP) is -0.715. The number of piperidine rings is 1. The second kappa shape index (κ2) is 5.94. The number of aliphatic carboxylic acids is 1. The summed E-state index contributed by atoms with van der Waals surface area (Å²) in [5.74, 6) is -0.992. The van der Waals surface area contributed by atoms with Crippen LogP contribution < -0.4 is 10.4 Å². The molecule has 0 radical (unpaired) electrons. The second-order valence-corrected chi connectivity index (χ2v) is 3.30. The fourth-order valence-corrected chi connectivity index (χ4v) is 1.43. The van der Waals surface area contributed by atoms with Crippen molar-refractivity contribution in [1.29, 1.82) is 0 Å². The molecule has 0 aromatic heterocycles. The third-order valence-corrected chi connectivity index (χ3v) is 2.16. The summed E-state index contributed by atoms with van der Waals surface area (Å²) in [4.78, 5) is 10.1. The highest BCUT2D eigenvalue weighted by atomic mass is 16.5. The molecule has 0 amide bonds. The van der Waals surface area contributed by atoms with Gasteiger partial charge in [0.05, 0.1) is 6.10 Å². The molecule has 13 heavy (non-hydrogen) atoms. The van der Waals surface area contributed by atoms with Gasteiger partial charge in [-0.25, -0.2) is 0 Å². The van der Waals surface area contributed by atoms with E-state index in [1.54, 1.807) is 0 Å². The van der Waals surface area contributed by atoms with Crippen molar-refractivity contribution in [2.24, 2.45) is 0 Å². The molecule has 1 aliphatic rings. The van der Waals surface area contributed by atoms with E-state index in [2.05, 4.69) is 5.32 Å². The summed E-state index contributed by atoms with van der Waals surface area (Å²) < 4.78 is 5.50. The molecule has 0 unspecified atom stereocenters. The number of ether oxygens (including phenoxy) is 1. The van der Waals surface area contributed by atoms with Crippen molar-refractivity contribution in [3.05, 3.63) is 0 Å². The van der Waals surface area contributed by atoms with E-state index in [0.29, 0.717) is 19.1 Å². The van der Waals surface area contributed by atoms with E-state index in [1.807, 2.05) is 0 Å². The van der Waals surface area contributed by atoms with Gasteiger partial charge in [0.25, 0.3) is 0 Å². The Bertz CT molecular complexity index is 155. The zero-order valence-corrected chi connectivity index (χ0v) is 7.75. The third kappa shape index (κ3) is 4.85. The summed E-state index contributed by atoms with van der Waals surface area (Å²) in [5, 5.41) is 13.3. The number of carboxylic acids is 1. The van der Waals surface area contributed by atoms with Crippen LogP contribution in [0.15, 0.2) is 0 Å². The molecule has 0 saturated carbocycles. The first-order valence-corrected chi connectivity index (χ1v) is 4.81. The molecule has 0 aromatic carbocycles. The lowest BCUT2D eigenvalue weighted by molar-refractivity contribution is -0.306. The molecule has 0 atom stereocenters. The Balaban J connectivity index is 1.95. The Morgan fingerprint density at radius 3 is 2.77 bits per heavy atom. The van der Waals surface area contributed by atoms with E-state index in [0.717, 1.165) is 25.9 Å². The zero-order valence-electron chi connectivity index (χ0n) is 7.75. The van der Waals surface area contributed by atoms with Crippen LogP contribution in [-0.2, 0) is 9.53 Å². The lowest BCUT2D eigenvalue weighted by Crippen LogP contribution is -2.32. The van der Waals surface area contributed by atoms with Crippen LogP contribution in [0.4, 0.5) is 0 Å². The first-order chi connectivity index (χ1) is 6.29. The topological polar surface area (TPSA) is 61.4 Å². The Labute approximate surface area is 78.3 Å². The van der Waals surface area contributed by atoms with E-state index in [4.69, 9.17) is 4.74 Å². The zero-order chi connectivity index (χ0) is 9.52. The van der Waals surface area contributed by atoms with Crippen molar-refractivity contribution >= 4 is 5.97 Å². The van der Waals surface area contributed by atoms with Gasteiger partial charge in [0.2, 0.25) is 0 Å². The second-order valence-electron chi connectivity index (χ2n) is 3.30. The van der Waals surface area contributed by atoms with Gasteiger partial charge in [0.1, 0.15) is 0 Å². The van der Waals surface area contributed by atoms with Gasteiger partial charge in [-0.05, 0) is 38.8 Å². The number of carbonyl (C=O) groups is 1. The Morgan fingerprint density at radius 1 is 1.46 bits per heavy atom. The third-order valence-electron chi connectivity index (χ3n) is 2.16. The monoisotopic (exact) mass is 186 g/mol. The highest BCUT2D eigenvalue weighted by molar-refractivity contribution is 5.64. The van der Waals surface area contributed by atoms with Crippen LogP contribution in [0.5, 0.6) is 0 Å². The maximum atomic E-state index is 10.1. The number of hydrogen-bond acceptors (Lipinski definition) is 4. The molecular weight excluding hydrogens is 170 g/mol. The fourth-order valence-electron chi connectivity index (χ4n) is 1.43. The number of nitrogens with one attached hydrogen (secondary N) is 1. The average Bonchev–Trinajstić information content (AvgIpc) is 2.14. The highest BCUT2D eigenvalue weighted by Crippen LogP contribution is 2.07. The average molecular weight is 186 g/mol. The number of carbonyl (C=O) groups excluding carboxylic acids is 1. The molecule has 0 aromatic rings. The van der Waals surface area contributed by atoms with Gasteiger partial charge in [-0.3, -0.25) is 0 Å². The molecule has 4 nitrogen and oxygen atoms in total. The van der Waals surface area contributed by atoms with Crippen LogP contribution in [0.2, 0.25) is 0 Å². The molecule has 0 bridgehead atoms. The van der Waals surface area contributed by atoms with E-state index in [-0.39, 0.29) is 6.42 Å². The van der Waals surface area contributed by atoms with E-state index < -0.39 is 5.97 Å². The lowest BCUT2D eigenvalue weighted by atomic mass is 10.1. The van der Waals surface area contributed by atoms with Crippen LogP contribution in [0.1, 0.15) is 25.7 Å². The normalized spacial score (nSPS) is 18.8. The molecule has 4 heteroatoms. The van der Waals surface area contributed by atoms with Gasteiger partial charge in [-0.1, -0.05) is 0 Å².